The second-order valence-electron chi connectivity index (χ2n) is 6.55. The van der Waals surface area contributed by atoms with Crippen molar-refractivity contribution in [3.05, 3.63) is 18.0 Å². The topological polar surface area (TPSA) is 77.4 Å². The number of alkyl carbamates (subject to hydrolysis) is 1. The van der Waals surface area contributed by atoms with Crippen LogP contribution in [-0.4, -0.2) is 47.8 Å². The highest BCUT2D eigenvalue weighted by atomic mass is 16.6. The Balaban J connectivity index is 2.25. The van der Waals surface area contributed by atoms with Crippen LogP contribution in [-0.2, 0) is 23.1 Å². The SMILES string of the molecule is COCC(CCCNC(=O)OC(C)(C)C)NCc1ccnn1C. The molecule has 2 N–H and O–H groups in total. The van der Waals surface area contributed by atoms with E-state index in [1.165, 1.54) is 0 Å². The molecule has 7 nitrogen and oxygen atoms in total. The van der Waals surface area contributed by atoms with Crippen LogP contribution in [0.3, 0.4) is 0 Å². The zero-order valence-electron chi connectivity index (χ0n) is 14.9. The van der Waals surface area contributed by atoms with Gasteiger partial charge in [-0.2, -0.15) is 5.10 Å². The first-order valence-corrected chi connectivity index (χ1v) is 7.98. The summed E-state index contributed by atoms with van der Waals surface area (Å²) in [5, 5.41) is 10.4. The molecule has 0 fully saturated rings. The Morgan fingerprint density at radius 2 is 2.17 bits per heavy atom. The van der Waals surface area contributed by atoms with Gasteiger partial charge in [0.25, 0.3) is 0 Å². The van der Waals surface area contributed by atoms with Crippen molar-refractivity contribution in [2.45, 2.75) is 51.8 Å². The number of carbonyl (C=O) groups is 1. The largest absolute Gasteiger partial charge is 0.444 e. The van der Waals surface area contributed by atoms with Crippen LogP contribution in [0.1, 0.15) is 39.3 Å². The smallest absolute Gasteiger partial charge is 0.407 e. The molecule has 0 aliphatic heterocycles. The lowest BCUT2D eigenvalue weighted by Gasteiger charge is -2.20. The van der Waals surface area contributed by atoms with Crippen molar-refractivity contribution in [2.75, 3.05) is 20.3 Å². The summed E-state index contributed by atoms with van der Waals surface area (Å²) in [5.74, 6) is 0. The predicted molar refractivity (Wildman–Crippen MR) is 89.2 cm³/mol. The quantitative estimate of drug-likeness (QED) is 0.677. The van der Waals surface area contributed by atoms with E-state index >= 15 is 0 Å². The molecular weight excluding hydrogens is 296 g/mol. The molecule has 1 unspecified atom stereocenters. The van der Waals surface area contributed by atoms with Crippen LogP contribution in [0.15, 0.2) is 12.3 Å². The van der Waals surface area contributed by atoms with Gasteiger partial charge >= 0.3 is 6.09 Å². The van der Waals surface area contributed by atoms with E-state index in [-0.39, 0.29) is 12.1 Å². The lowest BCUT2D eigenvalue weighted by Crippen LogP contribution is -2.36. The van der Waals surface area contributed by atoms with Crippen molar-refractivity contribution in [1.82, 2.24) is 20.4 Å². The molecule has 132 valence electrons. The lowest BCUT2D eigenvalue weighted by atomic mass is 10.1. The molecule has 0 radical (unpaired) electrons. The minimum Gasteiger partial charge on any atom is -0.444 e. The molecule has 1 atom stereocenters. The van der Waals surface area contributed by atoms with E-state index in [9.17, 15) is 4.79 Å². The zero-order chi connectivity index (χ0) is 17.3. The third-order valence-corrected chi connectivity index (χ3v) is 3.26. The molecule has 1 aromatic rings. The molecule has 0 saturated carbocycles. The number of nitrogens with zero attached hydrogens (tertiary/aromatic N) is 2. The van der Waals surface area contributed by atoms with Gasteiger partial charge < -0.3 is 20.1 Å². The lowest BCUT2D eigenvalue weighted by molar-refractivity contribution is 0.0526. The van der Waals surface area contributed by atoms with Gasteiger partial charge in [0, 0.05) is 39.5 Å². The normalized spacial score (nSPS) is 12.9. The Bertz CT molecular complexity index is 468. The van der Waals surface area contributed by atoms with Gasteiger partial charge in [-0.25, -0.2) is 4.79 Å². The second-order valence-corrected chi connectivity index (χ2v) is 6.55. The number of carbonyl (C=O) groups excluding carboxylic acids is 1. The van der Waals surface area contributed by atoms with Crippen molar-refractivity contribution in [1.29, 1.82) is 0 Å². The summed E-state index contributed by atoms with van der Waals surface area (Å²) in [7, 11) is 3.62. The van der Waals surface area contributed by atoms with Crippen LogP contribution in [0.5, 0.6) is 0 Å². The average Bonchev–Trinajstić information content (AvgIpc) is 2.84. The van der Waals surface area contributed by atoms with E-state index in [0.29, 0.717) is 13.2 Å². The van der Waals surface area contributed by atoms with Crippen LogP contribution < -0.4 is 10.6 Å². The van der Waals surface area contributed by atoms with Crippen molar-refractivity contribution >= 4 is 6.09 Å². The maximum Gasteiger partial charge on any atom is 0.407 e. The molecule has 23 heavy (non-hydrogen) atoms. The minimum atomic E-state index is -0.465. The molecule has 1 aromatic heterocycles. The standard InChI is InChI=1S/C16H30N4O3/c1-16(2,3)23-15(21)17-9-6-7-13(12-22-5)18-11-14-8-10-19-20(14)4/h8,10,13,18H,6-7,9,11-12H2,1-5H3,(H,17,21). The van der Waals surface area contributed by atoms with Crippen molar-refractivity contribution < 1.29 is 14.3 Å². The maximum absolute atomic E-state index is 11.6. The summed E-state index contributed by atoms with van der Waals surface area (Å²) >= 11 is 0. The average molecular weight is 326 g/mol. The Hall–Kier alpha value is -1.60. The summed E-state index contributed by atoms with van der Waals surface area (Å²) in [6.45, 7) is 7.51. The zero-order valence-corrected chi connectivity index (χ0v) is 14.9. The van der Waals surface area contributed by atoms with E-state index in [1.54, 1.807) is 13.3 Å². The summed E-state index contributed by atoms with van der Waals surface area (Å²) in [6, 6.07) is 2.22. The molecular formula is C16H30N4O3. The molecule has 1 rings (SSSR count). The monoisotopic (exact) mass is 326 g/mol. The molecule has 0 spiro atoms. The number of nitrogens with one attached hydrogen (secondary N) is 2. The number of aromatic nitrogens is 2. The number of amides is 1. The van der Waals surface area contributed by atoms with Crippen molar-refractivity contribution in [3.63, 3.8) is 0 Å². The van der Waals surface area contributed by atoms with Gasteiger partial charge in [-0.1, -0.05) is 0 Å². The predicted octanol–water partition coefficient (Wildman–Crippen LogP) is 1.83. The summed E-state index contributed by atoms with van der Waals surface area (Å²) < 4.78 is 12.3. The Morgan fingerprint density at radius 1 is 1.43 bits per heavy atom. The Kier molecular flexibility index (Phi) is 8.05. The van der Waals surface area contributed by atoms with Crippen LogP contribution >= 0.6 is 0 Å². The number of rotatable bonds is 9. The van der Waals surface area contributed by atoms with E-state index in [2.05, 4.69) is 15.7 Å². The van der Waals surface area contributed by atoms with Crippen molar-refractivity contribution in [2.24, 2.45) is 7.05 Å². The van der Waals surface area contributed by atoms with E-state index in [4.69, 9.17) is 9.47 Å². The first-order valence-electron chi connectivity index (χ1n) is 7.98. The minimum absolute atomic E-state index is 0.232. The fourth-order valence-corrected chi connectivity index (χ4v) is 2.12. The molecule has 1 heterocycles. The summed E-state index contributed by atoms with van der Waals surface area (Å²) in [5.41, 5.74) is 0.658. The van der Waals surface area contributed by atoms with Gasteiger partial charge in [0.1, 0.15) is 5.60 Å². The number of hydrogen-bond donors (Lipinski definition) is 2. The maximum atomic E-state index is 11.6. The van der Waals surface area contributed by atoms with Crippen LogP contribution in [0.4, 0.5) is 4.79 Å². The molecule has 0 aliphatic rings. The van der Waals surface area contributed by atoms with E-state index in [0.717, 1.165) is 25.1 Å². The van der Waals surface area contributed by atoms with Gasteiger partial charge in [0.05, 0.1) is 12.3 Å². The number of ether oxygens (including phenoxy) is 2. The first kappa shape index (κ1) is 19.4. The molecule has 0 bridgehead atoms. The number of hydrogen-bond acceptors (Lipinski definition) is 5. The van der Waals surface area contributed by atoms with Crippen LogP contribution in [0.25, 0.3) is 0 Å². The Labute approximate surface area is 138 Å². The first-order chi connectivity index (χ1) is 10.8. The highest BCUT2D eigenvalue weighted by molar-refractivity contribution is 5.67. The highest BCUT2D eigenvalue weighted by Gasteiger charge is 2.15. The van der Waals surface area contributed by atoms with Gasteiger partial charge in [0.2, 0.25) is 0 Å². The third kappa shape index (κ3) is 8.56. The van der Waals surface area contributed by atoms with Crippen LogP contribution in [0.2, 0.25) is 0 Å². The van der Waals surface area contributed by atoms with Crippen molar-refractivity contribution in [3.8, 4) is 0 Å². The van der Waals surface area contributed by atoms with Gasteiger partial charge in [-0.3, -0.25) is 4.68 Å². The fourth-order valence-electron chi connectivity index (χ4n) is 2.12. The molecule has 7 heteroatoms. The summed E-state index contributed by atoms with van der Waals surface area (Å²) in [6.07, 6.45) is 3.17. The molecule has 1 amide bonds. The fraction of sp³-hybridized carbons (Fsp3) is 0.750. The number of methoxy groups -OCH3 is 1. The van der Waals surface area contributed by atoms with Gasteiger partial charge in [0.15, 0.2) is 0 Å². The summed E-state index contributed by atoms with van der Waals surface area (Å²) in [4.78, 5) is 11.6. The third-order valence-electron chi connectivity index (χ3n) is 3.26. The van der Waals surface area contributed by atoms with Gasteiger partial charge in [-0.15, -0.1) is 0 Å². The van der Waals surface area contributed by atoms with Crippen LogP contribution in [0, 0.1) is 0 Å². The molecule has 0 aromatic carbocycles. The molecule has 0 aliphatic carbocycles. The van der Waals surface area contributed by atoms with E-state index < -0.39 is 5.60 Å². The van der Waals surface area contributed by atoms with E-state index in [1.807, 2.05) is 38.6 Å². The molecule has 0 saturated heterocycles. The highest BCUT2D eigenvalue weighted by Crippen LogP contribution is 2.06. The second kappa shape index (κ2) is 9.52. The Morgan fingerprint density at radius 3 is 2.74 bits per heavy atom. The van der Waals surface area contributed by atoms with Gasteiger partial charge in [-0.05, 0) is 39.7 Å². The number of aryl methyl sites for hydroxylation is 1.